The molecule has 0 radical (unpaired) electrons. The number of nitrogens with two attached hydrogens (primary N) is 1. The average molecular weight is 412 g/mol. The van der Waals surface area contributed by atoms with E-state index in [-0.39, 0.29) is 5.88 Å². The van der Waals surface area contributed by atoms with Crippen molar-refractivity contribution in [2.24, 2.45) is 10.7 Å². The highest BCUT2D eigenvalue weighted by Crippen LogP contribution is 2.44. The highest BCUT2D eigenvalue weighted by Gasteiger charge is 2.49. The number of nitrogens with zero attached hydrogens (tertiary/aromatic N) is 5. The first-order valence-electron chi connectivity index (χ1n) is 7.09. The van der Waals surface area contributed by atoms with Crippen LogP contribution in [0.1, 0.15) is 5.56 Å². The summed E-state index contributed by atoms with van der Waals surface area (Å²) in [5.41, 5.74) is 3.12. The zero-order chi connectivity index (χ0) is 21.1. The summed E-state index contributed by atoms with van der Waals surface area (Å²) in [6, 6.07) is 5.50. The molecule has 1 heterocycles. The number of para-hydroxylation sites is 1. The van der Waals surface area contributed by atoms with E-state index in [9.17, 15) is 28.1 Å². The van der Waals surface area contributed by atoms with Crippen LogP contribution < -0.4 is 15.8 Å². The maximum Gasteiger partial charge on any atom is 0.423 e. The summed E-state index contributed by atoms with van der Waals surface area (Å²) >= 11 is 0.638. The van der Waals surface area contributed by atoms with Gasteiger partial charge in [-0.25, -0.2) is 0 Å². The van der Waals surface area contributed by atoms with Gasteiger partial charge in [-0.1, -0.05) is 6.07 Å². The van der Waals surface area contributed by atoms with E-state index in [2.05, 4.69) is 10.4 Å². The molecule has 0 aromatic heterocycles. The lowest BCUT2D eigenvalue weighted by molar-refractivity contribution is -0.387. The molecule has 10 nitrogen and oxygen atoms in total. The van der Waals surface area contributed by atoms with Gasteiger partial charge in [0, 0.05) is 17.8 Å². The number of hydrogen-bond acceptors (Lipinski definition) is 8. The van der Waals surface area contributed by atoms with Crippen molar-refractivity contribution < 1.29 is 22.9 Å². The van der Waals surface area contributed by atoms with Gasteiger partial charge in [0.05, 0.1) is 4.92 Å². The van der Waals surface area contributed by atoms with Gasteiger partial charge in [-0.2, -0.15) is 34.1 Å². The second kappa shape index (κ2) is 7.55. The van der Waals surface area contributed by atoms with E-state index in [1.54, 1.807) is 0 Å². The van der Waals surface area contributed by atoms with Crippen molar-refractivity contribution in [2.45, 2.75) is 6.18 Å². The summed E-state index contributed by atoms with van der Waals surface area (Å²) in [4.78, 5) is 25.6. The number of thioether (sulfide) groups is 1. The Kier molecular flexibility index (Phi) is 5.58. The van der Waals surface area contributed by atoms with Gasteiger partial charge in [0.25, 0.3) is 0 Å². The molecule has 1 aliphatic rings. The molecule has 0 bridgehead atoms. The van der Waals surface area contributed by atoms with E-state index in [1.807, 2.05) is 0 Å². The van der Waals surface area contributed by atoms with Crippen LogP contribution in [-0.4, -0.2) is 22.4 Å². The monoisotopic (exact) mass is 412 g/mol. The number of benzene rings is 1. The van der Waals surface area contributed by atoms with E-state index in [0.29, 0.717) is 17.8 Å². The fourth-order valence-corrected chi connectivity index (χ4v) is 3.10. The summed E-state index contributed by atoms with van der Waals surface area (Å²) < 4.78 is 38.8. The number of allylic oxidation sites excluding steroid dienone is 2. The van der Waals surface area contributed by atoms with Crippen molar-refractivity contribution in [3.8, 4) is 12.1 Å². The van der Waals surface area contributed by atoms with Crippen LogP contribution in [0.5, 0.6) is 0 Å². The number of aliphatic imine (C=N–C) groups is 1. The molecule has 0 spiro atoms. The summed E-state index contributed by atoms with van der Waals surface area (Å²) in [6.45, 7) is 0. The van der Waals surface area contributed by atoms with Gasteiger partial charge < -0.3 is 5.73 Å². The maximum absolute atomic E-state index is 13.3. The molecule has 3 N–H and O–H groups in total. The molecule has 2 rings (SSSR count). The first-order chi connectivity index (χ1) is 13.1. The Morgan fingerprint density at radius 1 is 1.43 bits per heavy atom. The summed E-state index contributed by atoms with van der Waals surface area (Å²) in [5.74, 6) is -0.296. The Bertz CT molecular complexity index is 993. The molecule has 1 amide bonds. The van der Waals surface area contributed by atoms with Crippen LogP contribution in [0.4, 0.5) is 29.3 Å². The van der Waals surface area contributed by atoms with E-state index in [0.717, 1.165) is 18.5 Å². The lowest BCUT2D eigenvalue weighted by Crippen LogP contribution is -2.55. The van der Waals surface area contributed by atoms with Gasteiger partial charge in [0.2, 0.25) is 12.0 Å². The van der Waals surface area contributed by atoms with Crippen LogP contribution >= 0.6 is 11.8 Å². The molecule has 0 saturated carbocycles. The first kappa shape index (κ1) is 20.7. The van der Waals surface area contributed by atoms with Crippen molar-refractivity contribution >= 4 is 34.7 Å². The Balaban J connectivity index is 2.76. The molecule has 1 aliphatic heterocycles. The molecule has 1 aromatic carbocycles. The number of quaternary nitrogens is 1. The maximum atomic E-state index is 13.3. The summed E-state index contributed by atoms with van der Waals surface area (Å²) in [6.07, 6.45) is -4.22. The third kappa shape index (κ3) is 3.88. The van der Waals surface area contributed by atoms with Gasteiger partial charge in [-0.05, 0) is 6.07 Å². The largest absolute Gasteiger partial charge is 0.423 e. The van der Waals surface area contributed by atoms with Crippen LogP contribution in [0.2, 0.25) is 0 Å². The van der Waals surface area contributed by atoms with E-state index >= 15 is 0 Å². The number of nitro groups is 1. The Morgan fingerprint density at radius 2 is 2.11 bits per heavy atom. The van der Waals surface area contributed by atoms with Crippen molar-refractivity contribution in [1.82, 2.24) is 10.0 Å². The molecular formula is C14H9F3N7O3S+. The third-order valence-corrected chi connectivity index (χ3v) is 4.38. The topological polar surface area (TPSA) is 158 Å². The van der Waals surface area contributed by atoms with Gasteiger partial charge in [0.1, 0.15) is 23.4 Å². The van der Waals surface area contributed by atoms with Gasteiger partial charge in [0.15, 0.2) is 11.6 Å². The second-order valence-electron chi connectivity index (χ2n) is 5.20. The Morgan fingerprint density at radius 3 is 2.57 bits per heavy atom. The van der Waals surface area contributed by atoms with Crippen molar-refractivity contribution in [3.63, 3.8) is 0 Å². The zero-order valence-corrected chi connectivity index (χ0v) is 14.4. The number of halogens is 3. The molecular weight excluding hydrogens is 403 g/mol. The number of carbonyl (C=O) groups excluding carboxylic acids is 1. The molecule has 144 valence electrons. The molecule has 1 fully saturated rings. The number of nitro benzene ring substituents is 1. The predicted molar refractivity (Wildman–Crippen MR) is 91.8 cm³/mol. The molecule has 1 unspecified atom stereocenters. The zero-order valence-electron chi connectivity index (χ0n) is 13.6. The highest BCUT2D eigenvalue weighted by atomic mass is 32.2. The number of hydrogen-bond donors (Lipinski definition) is 2. The number of nitriles is 2. The fraction of sp³-hybridized carbons (Fsp3) is 0.143. The minimum Gasteiger partial charge on any atom is -0.388 e. The first-order valence-corrected chi connectivity index (χ1v) is 8.07. The van der Waals surface area contributed by atoms with Crippen molar-refractivity contribution in [1.29, 1.82) is 10.5 Å². The quantitative estimate of drug-likeness (QED) is 0.192. The fourth-order valence-electron chi connectivity index (χ4n) is 2.28. The second-order valence-corrected chi connectivity index (χ2v) is 6.12. The molecule has 1 saturated heterocycles. The highest BCUT2D eigenvalue weighted by molar-refractivity contribution is 8.13. The number of rotatable bonds is 4. The van der Waals surface area contributed by atoms with E-state index in [1.165, 1.54) is 12.1 Å². The number of carbonyl (C=O) groups is 1. The minimum atomic E-state index is -5.03. The Labute approximate surface area is 159 Å². The third-order valence-electron chi connectivity index (χ3n) is 3.49. The normalized spacial score (nSPS) is 20.2. The van der Waals surface area contributed by atoms with Crippen molar-refractivity contribution in [3.05, 3.63) is 45.3 Å². The minimum absolute atomic E-state index is 0.296. The Hall–Kier alpha value is -3.62. The smallest absolute Gasteiger partial charge is 0.388 e. The van der Waals surface area contributed by atoms with Crippen LogP contribution in [0.15, 0.2) is 34.6 Å². The lowest BCUT2D eigenvalue weighted by Gasteiger charge is -2.25. The number of alkyl halides is 3. The van der Waals surface area contributed by atoms with Crippen molar-refractivity contribution in [2.75, 3.05) is 5.88 Å². The van der Waals surface area contributed by atoms with Crippen LogP contribution in [0, 0.1) is 32.8 Å². The van der Waals surface area contributed by atoms with E-state index in [4.69, 9.17) is 16.3 Å². The lowest BCUT2D eigenvalue weighted by atomic mass is 10.1. The molecule has 28 heavy (non-hydrogen) atoms. The predicted octanol–water partition coefficient (Wildman–Crippen LogP) is 2.50. The van der Waals surface area contributed by atoms with Gasteiger partial charge in [-0.15, -0.1) is 4.59 Å². The van der Waals surface area contributed by atoms with Crippen LogP contribution in [0.25, 0.3) is 0 Å². The summed E-state index contributed by atoms with van der Waals surface area (Å²) in [7, 11) is 0. The van der Waals surface area contributed by atoms with Gasteiger partial charge >= 0.3 is 17.1 Å². The van der Waals surface area contributed by atoms with Crippen LogP contribution in [0.3, 0.4) is 0 Å². The molecule has 0 aliphatic carbocycles. The number of nitrogens with one attached hydrogen (secondary N) is 1. The van der Waals surface area contributed by atoms with Crippen LogP contribution in [-0.2, 0) is 6.18 Å². The van der Waals surface area contributed by atoms with Gasteiger partial charge in [-0.3, -0.25) is 14.9 Å². The summed E-state index contributed by atoms with van der Waals surface area (Å²) in [5, 5.41) is 28.5. The molecule has 1 atom stereocenters. The van der Waals surface area contributed by atoms with E-state index < -0.39 is 49.3 Å². The SMILES string of the molecule is N#CC(N)=C(C#N)N=C[N+]1(c2cccc(C(F)(F)F)c2[N+](=O)[O-])CSC(=O)N1. The average Bonchev–Trinajstić information content (AvgIpc) is 3.02. The number of amides is 1. The standard InChI is InChI=1S/C14H8F3N7O3S/c15-14(16,17)8-2-1-3-11(12(8)23(26)27)24(7-28-13(25)22-24)6-21-10(5-19)9(20)4-18/h1-3,6H,7,20H2/p+1. The molecule has 1 aromatic rings. The molecule has 14 heteroatoms.